The van der Waals surface area contributed by atoms with Gasteiger partial charge in [-0.1, -0.05) is 6.07 Å². The molecule has 4 unspecified atom stereocenters. The second-order valence-electron chi connectivity index (χ2n) is 7.40. The van der Waals surface area contributed by atoms with Crippen molar-refractivity contribution < 1.29 is 33.2 Å². The maximum Gasteiger partial charge on any atom is 0.231 e. The molecule has 0 saturated carbocycles. The normalized spacial score (nSPS) is 29.2. The van der Waals surface area contributed by atoms with Crippen molar-refractivity contribution in [2.75, 3.05) is 33.9 Å². The summed E-state index contributed by atoms with van der Waals surface area (Å²) in [6.07, 6.45) is -0.127. The fourth-order valence-corrected chi connectivity index (χ4v) is 4.64. The summed E-state index contributed by atoms with van der Waals surface area (Å²) < 4.78 is 40.0. The molecule has 2 saturated heterocycles. The van der Waals surface area contributed by atoms with Crippen LogP contribution in [0.3, 0.4) is 0 Å². The summed E-state index contributed by atoms with van der Waals surface area (Å²) in [6, 6.07) is 9.86. The Labute approximate surface area is 162 Å². The molecule has 0 amide bonds. The number of rotatable bonds is 3. The molecule has 2 aromatic carbocycles. The average molecular weight is 384 g/mol. The summed E-state index contributed by atoms with van der Waals surface area (Å²) in [7, 11) is 1.66. The molecule has 2 aromatic rings. The van der Waals surface area contributed by atoms with E-state index in [4.69, 9.17) is 33.2 Å². The van der Waals surface area contributed by atoms with Gasteiger partial charge >= 0.3 is 0 Å². The lowest BCUT2D eigenvalue weighted by Crippen LogP contribution is -2.15. The Bertz CT molecular complexity index is 927. The summed E-state index contributed by atoms with van der Waals surface area (Å²) in [5.41, 5.74) is 2.08. The first-order valence-electron chi connectivity index (χ1n) is 9.42. The first-order valence-corrected chi connectivity index (χ1v) is 9.42. The van der Waals surface area contributed by atoms with Gasteiger partial charge in [0.1, 0.15) is 5.75 Å². The van der Waals surface area contributed by atoms with E-state index in [0.29, 0.717) is 19.0 Å². The second kappa shape index (κ2) is 6.18. The van der Waals surface area contributed by atoms with Gasteiger partial charge in [0.2, 0.25) is 13.6 Å². The highest BCUT2D eigenvalue weighted by molar-refractivity contribution is 5.53. The van der Waals surface area contributed by atoms with E-state index in [1.165, 1.54) is 0 Å². The van der Waals surface area contributed by atoms with E-state index < -0.39 is 0 Å². The van der Waals surface area contributed by atoms with E-state index in [1.54, 1.807) is 7.11 Å². The molecular formula is C21H20O7. The molecule has 0 N–H and O–H groups in total. The van der Waals surface area contributed by atoms with Gasteiger partial charge in [-0.25, -0.2) is 0 Å². The van der Waals surface area contributed by atoms with Gasteiger partial charge in [0.05, 0.1) is 32.5 Å². The van der Waals surface area contributed by atoms with Gasteiger partial charge in [-0.05, 0) is 23.8 Å². The van der Waals surface area contributed by atoms with Crippen LogP contribution >= 0.6 is 0 Å². The van der Waals surface area contributed by atoms with E-state index in [0.717, 1.165) is 34.1 Å². The molecular weight excluding hydrogens is 364 g/mol. The Balaban J connectivity index is 1.30. The molecule has 6 rings (SSSR count). The third-order valence-electron chi connectivity index (χ3n) is 6.02. The van der Waals surface area contributed by atoms with E-state index >= 15 is 0 Å². The van der Waals surface area contributed by atoms with Crippen molar-refractivity contribution in [1.82, 2.24) is 0 Å². The minimum Gasteiger partial charge on any atom is -0.496 e. The summed E-state index contributed by atoms with van der Waals surface area (Å²) >= 11 is 0. The van der Waals surface area contributed by atoms with Crippen LogP contribution in [0.5, 0.6) is 28.7 Å². The molecule has 146 valence electrons. The molecule has 7 nitrogen and oxygen atoms in total. The second-order valence-corrected chi connectivity index (χ2v) is 7.40. The lowest BCUT2D eigenvalue weighted by molar-refractivity contribution is 0.0184. The largest absolute Gasteiger partial charge is 0.496 e. The summed E-state index contributed by atoms with van der Waals surface area (Å²) in [6.45, 7) is 1.76. The van der Waals surface area contributed by atoms with Crippen LogP contribution in [0.1, 0.15) is 23.3 Å². The average Bonchev–Trinajstić information content (AvgIpc) is 3.49. The fourth-order valence-electron chi connectivity index (χ4n) is 4.64. The Hall–Kier alpha value is -2.64. The van der Waals surface area contributed by atoms with Crippen LogP contribution in [0.15, 0.2) is 30.3 Å². The van der Waals surface area contributed by atoms with Crippen LogP contribution in [0.25, 0.3) is 0 Å². The highest BCUT2D eigenvalue weighted by Crippen LogP contribution is 2.53. The predicted octanol–water partition coefficient (Wildman–Crippen LogP) is 3.23. The lowest BCUT2D eigenvalue weighted by Gasteiger charge is -2.19. The zero-order valence-corrected chi connectivity index (χ0v) is 15.4. The van der Waals surface area contributed by atoms with Gasteiger partial charge in [-0.3, -0.25) is 0 Å². The molecule has 0 radical (unpaired) electrons. The van der Waals surface area contributed by atoms with Gasteiger partial charge < -0.3 is 33.2 Å². The number of methoxy groups -OCH3 is 1. The third kappa shape index (κ3) is 2.36. The standard InChI is InChI=1S/C21H20O7/c1-22-16-6-19-18(27-10-28-19)5-12(16)21-14-8-23-20(13(14)7-24-21)11-2-3-15-17(4-11)26-9-25-15/h2-6,13-14,20-21H,7-10H2,1H3. The Morgan fingerprint density at radius 3 is 2.18 bits per heavy atom. The number of hydrogen-bond acceptors (Lipinski definition) is 7. The molecule has 0 aromatic heterocycles. The molecule has 4 aliphatic rings. The van der Waals surface area contributed by atoms with Crippen molar-refractivity contribution in [2.24, 2.45) is 11.8 Å². The maximum atomic E-state index is 6.24. The molecule has 2 fully saturated rings. The molecule has 0 spiro atoms. The van der Waals surface area contributed by atoms with Crippen LogP contribution in [0.4, 0.5) is 0 Å². The van der Waals surface area contributed by atoms with Crippen molar-refractivity contribution in [3.8, 4) is 28.7 Å². The Kier molecular flexibility index (Phi) is 3.61. The van der Waals surface area contributed by atoms with Gasteiger partial charge in [0.25, 0.3) is 0 Å². The minimum atomic E-state index is -0.103. The van der Waals surface area contributed by atoms with Crippen LogP contribution < -0.4 is 23.7 Å². The topological polar surface area (TPSA) is 64.6 Å². The SMILES string of the molecule is COc1cc2c(cc1C1OCC3C(c4ccc5c(c4)OCO5)OCC13)OCO2. The Morgan fingerprint density at radius 2 is 1.39 bits per heavy atom. The van der Waals surface area contributed by atoms with E-state index in [1.807, 2.05) is 24.3 Å². The molecule has 7 heteroatoms. The van der Waals surface area contributed by atoms with E-state index in [-0.39, 0.29) is 37.6 Å². The number of ether oxygens (including phenoxy) is 7. The van der Waals surface area contributed by atoms with Gasteiger partial charge in [-0.2, -0.15) is 0 Å². The summed E-state index contributed by atoms with van der Waals surface area (Å²) in [4.78, 5) is 0. The number of hydrogen-bond donors (Lipinski definition) is 0. The fraction of sp³-hybridized carbons (Fsp3) is 0.429. The van der Waals surface area contributed by atoms with Crippen molar-refractivity contribution in [3.63, 3.8) is 0 Å². The van der Waals surface area contributed by atoms with Crippen LogP contribution in [-0.4, -0.2) is 33.9 Å². The number of benzene rings is 2. The molecule has 4 atom stereocenters. The predicted molar refractivity (Wildman–Crippen MR) is 96.0 cm³/mol. The van der Waals surface area contributed by atoms with Crippen molar-refractivity contribution in [1.29, 1.82) is 0 Å². The van der Waals surface area contributed by atoms with Gasteiger partial charge in [0, 0.05) is 23.5 Å². The zero-order chi connectivity index (χ0) is 18.7. The zero-order valence-electron chi connectivity index (χ0n) is 15.4. The van der Waals surface area contributed by atoms with Crippen molar-refractivity contribution in [2.45, 2.75) is 12.2 Å². The highest BCUT2D eigenvalue weighted by atomic mass is 16.7. The molecule has 4 aliphatic heterocycles. The van der Waals surface area contributed by atoms with Crippen LogP contribution in [-0.2, 0) is 9.47 Å². The number of fused-ring (bicyclic) bond motifs is 3. The van der Waals surface area contributed by atoms with E-state index in [9.17, 15) is 0 Å². The third-order valence-corrected chi connectivity index (χ3v) is 6.02. The van der Waals surface area contributed by atoms with Crippen molar-refractivity contribution >= 4 is 0 Å². The first-order chi connectivity index (χ1) is 13.8. The van der Waals surface area contributed by atoms with Crippen LogP contribution in [0, 0.1) is 11.8 Å². The van der Waals surface area contributed by atoms with Gasteiger partial charge in [0.15, 0.2) is 23.0 Å². The highest BCUT2D eigenvalue weighted by Gasteiger charge is 2.49. The smallest absolute Gasteiger partial charge is 0.231 e. The van der Waals surface area contributed by atoms with Crippen molar-refractivity contribution in [3.05, 3.63) is 41.5 Å². The van der Waals surface area contributed by atoms with Gasteiger partial charge in [-0.15, -0.1) is 0 Å². The Morgan fingerprint density at radius 1 is 0.750 bits per heavy atom. The first kappa shape index (κ1) is 16.3. The van der Waals surface area contributed by atoms with Crippen LogP contribution in [0.2, 0.25) is 0 Å². The van der Waals surface area contributed by atoms with E-state index in [2.05, 4.69) is 6.07 Å². The lowest BCUT2D eigenvalue weighted by atomic mass is 9.84. The molecule has 0 aliphatic carbocycles. The monoisotopic (exact) mass is 384 g/mol. The summed E-state index contributed by atoms with van der Waals surface area (Å²) in [5, 5.41) is 0. The molecule has 28 heavy (non-hydrogen) atoms. The molecule has 0 bridgehead atoms. The molecule has 4 heterocycles. The summed E-state index contributed by atoms with van der Waals surface area (Å²) in [5.74, 6) is 4.25. The minimum absolute atomic E-state index is 0.0236. The quantitative estimate of drug-likeness (QED) is 0.805. The maximum absolute atomic E-state index is 6.24.